The van der Waals surface area contributed by atoms with Crippen LogP contribution in [0.2, 0.25) is 0 Å². The predicted octanol–water partition coefficient (Wildman–Crippen LogP) is 1.38. The molecule has 226 valence electrons. The summed E-state index contributed by atoms with van der Waals surface area (Å²) in [6.45, 7) is -0.191. The van der Waals surface area contributed by atoms with Crippen molar-refractivity contribution in [3.8, 4) is 0 Å². The molecule has 5 N–H and O–H groups in total. The Morgan fingerprint density at radius 3 is 2.70 bits per heavy atom. The van der Waals surface area contributed by atoms with Crippen molar-refractivity contribution in [2.75, 3.05) is 19.0 Å². The molecule has 0 amide bonds. The van der Waals surface area contributed by atoms with Gasteiger partial charge in [-0.25, -0.2) is 24.3 Å². The number of aromatic nitrogens is 3. The van der Waals surface area contributed by atoms with Crippen LogP contribution in [0.5, 0.6) is 0 Å². The second-order valence-electron chi connectivity index (χ2n) is 10.1. The van der Waals surface area contributed by atoms with Crippen molar-refractivity contribution in [2.24, 2.45) is 11.1 Å². The van der Waals surface area contributed by atoms with Gasteiger partial charge in [0.25, 0.3) is 0 Å². The van der Waals surface area contributed by atoms with Gasteiger partial charge in [-0.1, -0.05) is 12.1 Å². The highest BCUT2D eigenvalue weighted by atomic mass is 32.2. The van der Waals surface area contributed by atoms with Crippen molar-refractivity contribution in [2.45, 2.75) is 31.2 Å². The lowest BCUT2D eigenvalue weighted by Gasteiger charge is -2.19. The van der Waals surface area contributed by atoms with Crippen molar-refractivity contribution in [1.29, 1.82) is 0 Å². The van der Waals surface area contributed by atoms with Crippen LogP contribution < -0.4 is 10.5 Å². The highest BCUT2D eigenvalue weighted by Crippen LogP contribution is 2.32. The Morgan fingerprint density at radius 1 is 1.16 bits per heavy atom. The number of ether oxygens (including phenoxy) is 1. The molecule has 2 heterocycles. The zero-order chi connectivity index (χ0) is 30.9. The Hall–Kier alpha value is -4.28. The first-order valence-electron chi connectivity index (χ1n) is 13.1. The van der Waals surface area contributed by atoms with Crippen molar-refractivity contribution in [3.05, 3.63) is 89.3 Å². The number of aliphatic hydroxyl groups excluding tert-OH is 2. The molecule has 43 heavy (non-hydrogen) atoms. The third-order valence-corrected chi connectivity index (χ3v) is 7.78. The Bertz CT molecular complexity index is 1800. The number of methoxy groups -OCH3 is 1. The molecule has 0 unspecified atom stereocenters. The Labute approximate surface area is 245 Å². The van der Waals surface area contributed by atoms with Crippen LogP contribution >= 0.6 is 0 Å². The van der Waals surface area contributed by atoms with E-state index in [1.54, 1.807) is 41.1 Å². The number of anilines is 1. The first kappa shape index (κ1) is 30.2. The molecule has 0 aliphatic heterocycles. The summed E-state index contributed by atoms with van der Waals surface area (Å²) in [4.78, 5) is 34.0. The highest BCUT2D eigenvalue weighted by molar-refractivity contribution is 7.84. The second-order valence-corrected chi connectivity index (χ2v) is 11.4. The van der Waals surface area contributed by atoms with Gasteiger partial charge in [-0.05, 0) is 42.3 Å². The summed E-state index contributed by atoms with van der Waals surface area (Å²) in [5.74, 6) is -2.31. The average molecular weight is 614 g/mol. The lowest BCUT2D eigenvalue weighted by atomic mass is 10.0. The van der Waals surface area contributed by atoms with Crippen LogP contribution in [0.4, 0.5) is 10.2 Å². The van der Waals surface area contributed by atoms with Gasteiger partial charge in [0.15, 0.2) is 5.78 Å². The van der Waals surface area contributed by atoms with Gasteiger partial charge in [0.05, 0.1) is 37.0 Å². The summed E-state index contributed by atoms with van der Waals surface area (Å²) in [7, 11) is -2.97. The van der Waals surface area contributed by atoms with Gasteiger partial charge < -0.3 is 24.8 Å². The minimum atomic E-state index is -4.25. The van der Waals surface area contributed by atoms with E-state index < -0.39 is 58.6 Å². The number of fused-ring (bicyclic) bond motifs is 1. The van der Waals surface area contributed by atoms with E-state index in [4.69, 9.17) is 9.88 Å². The number of aliphatic hydroxyl groups is 2. The normalized spacial score (nSPS) is 20.3. The van der Waals surface area contributed by atoms with E-state index in [0.29, 0.717) is 16.5 Å². The number of rotatable bonds is 10. The highest BCUT2D eigenvalue weighted by Gasteiger charge is 2.42. The molecule has 1 fully saturated rings. The van der Waals surface area contributed by atoms with Crippen LogP contribution in [0.3, 0.4) is 0 Å². The summed E-state index contributed by atoms with van der Waals surface area (Å²) < 4.78 is 47.9. The molecular weight excluding hydrogens is 585 g/mol. The number of carbonyl (C=O) groups excluding carboxylic acids is 2. The van der Waals surface area contributed by atoms with Crippen molar-refractivity contribution in [1.82, 2.24) is 14.5 Å². The number of benzene rings is 2. The molecule has 0 spiro atoms. The van der Waals surface area contributed by atoms with E-state index in [2.05, 4.69) is 19.5 Å². The molecule has 0 saturated heterocycles. The summed E-state index contributed by atoms with van der Waals surface area (Å²) in [5, 5.41) is 29.2. The molecule has 4 atom stereocenters. The number of nitrogens with one attached hydrogen (secondary N) is 1. The maximum atomic E-state index is 14.4. The standard InChI is InChI=1S/C28H28FN5O8S/c1-41-28(38)16-4-2-3-15(7-16)11-34-12-21(19-9-18(29)5-6-23(19)34)25(36)20-10-31-14-32-27(20)33-22-8-17(24(35)26(22)37)13-42-43(30,39)40/h2-7,9-10,12,14,17,22,24,26,35,37H,8,11,13H2,1H3,(H2,30,39,40)(H,31,32,33)/t17-,22-,24-,26+/m1/s1. The lowest BCUT2D eigenvalue weighted by Crippen LogP contribution is -2.36. The molecular formula is C28H28FN5O8S. The SMILES string of the molecule is COC(=O)c1cccc(Cn2cc(C(=O)c3cncnc3N[C@@H]3C[C@H](COS(N)(=O)=O)[C@@H](O)[C@H]3O)c3cc(F)ccc32)c1. The number of nitrogens with zero attached hydrogens (tertiary/aromatic N) is 3. The Morgan fingerprint density at radius 2 is 1.95 bits per heavy atom. The molecule has 0 bridgehead atoms. The van der Waals surface area contributed by atoms with E-state index >= 15 is 0 Å². The fraction of sp³-hybridized carbons (Fsp3) is 0.286. The zero-order valence-corrected chi connectivity index (χ0v) is 23.6. The molecule has 1 saturated carbocycles. The molecule has 15 heteroatoms. The topological polar surface area (TPSA) is 196 Å². The summed E-state index contributed by atoms with van der Waals surface area (Å²) >= 11 is 0. The monoisotopic (exact) mass is 613 g/mol. The van der Waals surface area contributed by atoms with Gasteiger partial charge in [0, 0.05) is 41.3 Å². The lowest BCUT2D eigenvalue weighted by molar-refractivity contribution is 0.00778. The molecule has 2 aromatic heterocycles. The van der Waals surface area contributed by atoms with Crippen LogP contribution in [-0.4, -0.2) is 76.9 Å². The van der Waals surface area contributed by atoms with Crippen molar-refractivity contribution in [3.63, 3.8) is 0 Å². The van der Waals surface area contributed by atoms with Crippen LogP contribution in [0.1, 0.15) is 38.3 Å². The number of hydrogen-bond acceptors (Lipinski definition) is 11. The summed E-state index contributed by atoms with van der Waals surface area (Å²) in [5.41, 5.74) is 1.83. The van der Waals surface area contributed by atoms with Crippen molar-refractivity contribution < 1.29 is 41.5 Å². The number of ketones is 1. The minimum Gasteiger partial charge on any atom is -0.465 e. The molecule has 1 aliphatic carbocycles. The van der Waals surface area contributed by atoms with E-state index in [-0.39, 0.29) is 29.9 Å². The number of nitrogens with two attached hydrogens (primary N) is 1. The fourth-order valence-electron chi connectivity index (χ4n) is 5.24. The Balaban J connectivity index is 1.45. The molecule has 5 rings (SSSR count). The quantitative estimate of drug-likeness (QED) is 0.149. The largest absolute Gasteiger partial charge is 0.465 e. The molecule has 4 aromatic rings. The van der Waals surface area contributed by atoms with Gasteiger partial charge in [-0.3, -0.25) is 8.98 Å². The predicted molar refractivity (Wildman–Crippen MR) is 151 cm³/mol. The molecule has 2 aromatic carbocycles. The first-order valence-corrected chi connectivity index (χ1v) is 14.5. The molecule has 1 aliphatic rings. The van der Waals surface area contributed by atoms with Crippen LogP contribution in [0, 0.1) is 11.7 Å². The minimum absolute atomic E-state index is 0.0180. The fourth-order valence-corrected chi connectivity index (χ4v) is 5.60. The number of carbonyl (C=O) groups is 2. The molecule has 0 radical (unpaired) electrons. The third kappa shape index (κ3) is 6.55. The second kappa shape index (κ2) is 12.1. The van der Waals surface area contributed by atoms with Crippen LogP contribution in [-0.2, 0) is 25.8 Å². The van der Waals surface area contributed by atoms with Gasteiger partial charge in [0.1, 0.15) is 24.1 Å². The summed E-state index contributed by atoms with van der Waals surface area (Å²) in [6.07, 6.45) is 1.44. The van der Waals surface area contributed by atoms with E-state index in [1.165, 1.54) is 31.8 Å². The maximum Gasteiger partial charge on any atom is 0.337 e. The smallest absolute Gasteiger partial charge is 0.337 e. The zero-order valence-electron chi connectivity index (χ0n) is 22.8. The van der Waals surface area contributed by atoms with E-state index in [1.807, 2.05) is 0 Å². The number of halogens is 1. The third-order valence-electron chi connectivity index (χ3n) is 7.32. The first-order chi connectivity index (χ1) is 20.4. The maximum absolute atomic E-state index is 14.4. The van der Waals surface area contributed by atoms with E-state index in [0.717, 1.165) is 5.56 Å². The van der Waals surface area contributed by atoms with Gasteiger partial charge in [-0.2, -0.15) is 8.42 Å². The van der Waals surface area contributed by atoms with Crippen LogP contribution in [0.15, 0.2) is 61.2 Å². The van der Waals surface area contributed by atoms with Gasteiger partial charge in [0.2, 0.25) is 0 Å². The molecule has 13 nitrogen and oxygen atoms in total. The van der Waals surface area contributed by atoms with Gasteiger partial charge >= 0.3 is 16.3 Å². The van der Waals surface area contributed by atoms with E-state index in [9.17, 15) is 32.6 Å². The van der Waals surface area contributed by atoms with Gasteiger partial charge in [-0.15, -0.1) is 0 Å². The number of hydrogen-bond donors (Lipinski definition) is 4. The van der Waals surface area contributed by atoms with Crippen LogP contribution in [0.25, 0.3) is 10.9 Å². The average Bonchev–Trinajstić information content (AvgIpc) is 3.46. The van der Waals surface area contributed by atoms with Crippen molar-refractivity contribution >= 4 is 38.8 Å². The number of esters is 1. The summed E-state index contributed by atoms with van der Waals surface area (Å²) in [6, 6.07) is 10.0. The Kier molecular flexibility index (Phi) is 8.52.